The lowest BCUT2D eigenvalue weighted by molar-refractivity contribution is -0.148. The van der Waals surface area contributed by atoms with Gasteiger partial charge in [0, 0.05) is 0 Å². The Hall–Kier alpha value is -3.14. The highest BCUT2D eigenvalue weighted by Crippen LogP contribution is 2.32. The topological polar surface area (TPSA) is 140 Å². The zero-order valence-corrected chi connectivity index (χ0v) is 25.7. The van der Waals surface area contributed by atoms with E-state index in [1.54, 1.807) is 13.0 Å². The van der Waals surface area contributed by atoms with Gasteiger partial charge in [-0.3, -0.25) is 14.4 Å². The Morgan fingerprint density at radius 1 is 0.775 bits per heavy atom. The number of esters is 3. The Kier molecular flexibility index (Phi) is 12.6. The number of hydrogen-bond donors (Lipinski definition) is 1. The van der Waals surface area contributed by atoms with E-state index in [0.717, 1.165) is 0 Å². The van der Waals surface area contributed by atoms with Crippen LogP contribution in [0.15, 0.2) is 18.2 Å². The number of carbonyl (C=O) groups is 4. The van der Waals surface area contributed by atoms with Gasteiger partial charge in [0.05, 0.1) is 19.4 Å². The first-order valence-electron chi connectivity index (χ1n) is 13.4. The molecule has 0 spiro atoms. The molecule has 0 saturated carbocycles. The van der Waals surface area contributed by atoms with Crippen LogP contribution in [0.2, 0.25) is 0 Å². The summed E-state index contributed by atoms with van der Waals surface area (Å²) in [6.07, 6.45) is -1.22. The van der Waals surface area contributed by atoms with Crippen LogP contribution in [0.1, 0.15) is 87.6 Å². The summed E-state index contributed by atoms with van der Waals surface area (Å²) < 4.78 is 26.4. The van der Waals surface area contributed by atoms with Crippen molar-refractivity contribution in [1.82, 2.24) is 0 Å². The van der Waals surface area contributed by atoms with Gasteiger partial charge in [0.1, 0.15) is 18.8 Å². The van der Waals surface area contributed by atoms with Gasteiger partial charge in [0.15, 0.2) is 11.5 Å². The van der Waals surface area contributed by atoms with Crippen molar-refractivity contribution in [3.8, 4) is 11.5 Å². The van der Waals surface area contributed by atoms with E-state index in [1.807, 2.05) is 62.3 Å². The molecule has 0 aliphatic rings. The first kappa shape index (κ1) is 34.9. The summed E-state index contributed by atoms with van der Waals surface area (Å²) in [5.74, 6) is -1.50. The molecular weight excluding hydrogens is 518 g/mol. The fraction of sp³-hybridized carbons (Fsp3) is 0.667. The Labute approximate surface area is 238 Å². The second-order valence-corrected chi connectivity index (χ2v) is 13.7. The highest BCUT2D eigenvalue weighted by Gasteiger charge is 2.24. The SMILES string of the molecule is C[C@@H](COC(=O)[C@@H](N)Cc1ccc(OC(=O)CC(C)(C)C)c(OC(=O)CC(C)(C)C)c1)OC(=O)OCC(C)(C)C. The van der Waals surface area contributed by atoms with Crippen LogP contribution in [0.3, 0.4) is 0 Å². The van der Waals surface area contributed by atoms with Crippen LogP contribution in [-0.4, -0.2) is 49.4 Å². The van der Waals surface area contributed by atoms with E-state index in [9.17, 15) is 19.2 Å². The molecule has 0 unspecified atom stereocenters. The van der Waals surface area contributed by atoms with Gasteiger partial charge >= 0.3 is 24.1 Å². The van der Waals surface area contributed by atoms with Crippen molar-refractivity contribution in [3.05, 3.63) is 23.8 Å². The maximum absolute atomic E-state index is 12.5. The number of nitrogens with two attached hydrogens (primary N) is 1. The molecule has 226 valence electrons. The molecule has 0 bridgehead atoms. The molecule has 40 heavy (non-hydrogen) atoms. The van der Waals surface area contributed by atoms with Crippen molar-refractivity contribution in [2.45, 2.75) is 101 Å². The van der Waals surface area contributed by atoms with Gasteiger partial charge in [-0.15, -0.1) is 0 Å². The zero-order valence-electron chi connectivity index (χ0n) is 25.7. The molecular formula is C30H47NO9. The number of rotatable bonds is 11. The second-order valence-electron chi connectivity index (χ2n) is 13.7. The van der Waals surface area contributed by atoms with Gasteiger partial charge in [-0.1, -0.05) is 68.4 Å². The first-order chi connectivity index (χ1) is 18.1. The number of carbonyl (C=O) groups excluding carboxylic acids is 4. The molecule has 1 aromatic carbocycles. The third-order valence-corrected chi connectivity index (χ3v) is 4.94. The van der Waals surface area contributed by atoms with Crippen molar-refractivity contribution in [2.24, 2.45) is 22.0 Å². The highest BCUT2D eigenvalue weighted by molar-refractivity contribution is 5.78. The minimum Gasteiger partial charge on any atom is -0.461 e. The van der Waals surface area contributed by atoms with E-state index in [4.69, 9.17) is 29.4 Å². The molecule has 0 saturated heterocycles. The summed E-state index contributed by atoms with van der Waals surface area (Å²) >= 11 is 0. The predicted octanol–water partition coefficient (Wildman–Crippen LogP) is 5.37. The van der Waals surface area contributed by atoms with Crippen LogP contribution < -0.4 is 15.2 Å². The molecule has 0 aliphatic carbocycles. The summed E-state index contributed by atoms with van der Waals surface area (Å²) in [5.41, 5.74) is 5.81. The molecule has 0 amide bonds. The van der Waals surface area contributed by atoms with Gasteiger partial charge in [0.2, 0.25) is 0 Å². The van der Waals surface area contributed by atoms with Gasteiger partial charge in [-0.25, -0.2) is 4.79 Å². The van der Waals surface area contributed by atoms with Crippen LogP contribution >= 0.6 is 0 Å². The van der Waals surface area contributed by atoms with Crippen molar-refractivity contribution in [2.75, 3.05) is 13.2 Å². The third kappa shape index (κ3) is 15.5. The van der Waals surface area contributed by atoms with E-state index in [2.05, 4.69) is 0 Å². The van der Waals surface area contributed by atoms with Crippen LogP contribution in [-0.2, 0) is 35.0 Å². The van der Waals surface area contributed by atoms with Crippen molar-refractivity contribution < 1.29 is 42.9 Å². The summed E-state index contributed by atoms with van der Waals surface area (Å²) in [6.45, 7) is 18.7. The molecule has 2 atom stereocenters. The van der Waals surface area contributed by atoms with Gasteiger partial charge in [0.25, 0.3) is 0 Å². The van der Waals surface area contributed by atoms with Crippen LogP contribution in [0.5, 0.6) is 11.5 Å². The maximum atomic E-state index is 12.5. The molecule has 0 fully saturated rings. The molecule has 0 aromatic heterocycles. The van der Waals surface area contributed by atoms with E-state index in [0.29, 0.717) is 5.56 Å². The van der Waals surface area contributed by atoms with Crippen molar-refractivity contribution >= 4 is 24.1 Å². The molecule has 0 aliphatic heterocycles. The zero-order chi connectivity index (χ0) is 30.9. The minimum absolute atomic E-state index is 0.0573. The average Bonchev–Trinajstić information content (AvgIpc) is 2.74. The lowest BCUT2D eigenvalue weighted by Crippen LogP contribution is -2.36. The smallest absolute Gasteiger partial charge is 0.461 e. The second kappa shape index (κ2) is 14.5. The van der Waals surface area contributed by atoms with E-state index in [-0.39, 0.29) is 60.2 Å². The van der Waals surface area contributed by atoms with E-state index in [1.165, 1.54) is 12.1 Å². The fourth-order valence-corrected chi connectivity index (χ4v) is 3.18. The standard InChI is InChI=1S/C30H47NO9/c1-19(38-27(35)37-18-30(8,9)10)17-36-26(34)21(31)13-20-11-12-22(39-24(32)15-28(2,3)4)23(14-20)40-25(33)16-29(5,6)7/h11-12,14,19,21H,13,15-18,31H2,1-10H3/t19-,21-/m0/s1. The third-order valence-electron chi connectivity index (χ3n) is 4.94. The van der Waals surface area contributed by atoms with Crippen molar-refractivity contribution in [3.63, 3.8) is 0 Å². The van der Waals surface area contributed by atoms with E-state index >= 15 is 0 Å². The number of hydrogen-bond acceptors (Lipinski definition) is 10. The van der Waals surface area contributed by atoms with E-state index < -0.39 is 36.2 Å². The quantitative estimate of drug-likeness (QED) is 0.275. The summed E-state index contributed by atoms with van der Waals surface area (Å²) in [6, 6.07) is 3.61. The summed E-state index contributed by atoms with van der Waals surface area (Å²) in [7, 11) is 0. The molecule has 2 N–H and O–H groups in total. The Bertz CT molecular complexity index is 1030. The number of ether oxygens (including phenoxy) is 5. The Balaban J connectivity index is 2.87. The first-order valence-corrected chi connectivity index (χ1v) is 13.4. The van der Waals surface area contributed by atoms with Crippen LogP contribution in [0.4, 0.5) is 4.79 Å². The predicted molar refractivity (Wildman–Crippen MR) is 150 cm³/mol. The van der Waals surface area contributed by atoms with Crippen LogP contribution in [0.25, 0.3) is 0 Å². The average molecular weight is 566 g/mol. The lowest BCUT2D eigenvalue weighted by atomic mass is 9.92. The number of benzene rings is 1. The minimum atomic E-state index is -1.05. The Morgan fingerprint density at radius 2 is 1.30 bits per heavy atom. The fourth-order valence-electron chi connectivity index (χ4n) is 3.18. The largest absolute Gasteiger partial charge is 0.508 e. The van der Waals surface area contributed by atoms with Gasteiger partial charge < -0.3 is 29.4 Å². The van der Waals surface area contributed by atoms with Crippen LogP contribution in [0, 0.1) is 16.2 Å². The molecule has 0 heterocycles. The molecule has 0 radical (unpaired) electrons. The molecule has 1 aromatic rings. The summed E-state index contributed by atoms with van der Waals surface area (Å²) in [4.78, 5) is 49.3. The molecule has 1 rings (SSSR count). The van der Waals surface area contributed by atoms with Gasteiger partial charge in [-0.2, -0.15) is 0 Å². The maximum Gasteiger partial charge on any atom is 0.508 e. The van der Waals surface area contributed by atoms with Crippen molar-refractivity contribution in [1.29, 1.82) is 0 Å². The monoisotopic (exact) mass is 565 g/mol. The van der Waals surface area contributed by atoms with Gasteiger partial charge in [-0.05, 0) is 47.3 Å². The Morgan fingerprint density at radius 3 is 1.80 bits per heavy atom. The highest BCUT2D eigenvalue weighted by atomic mass is 16.7. The lowest BCUT2D eigenvalue weighted by Gasteiger charge is -2.20. The summed E-state index contributed by atoms with van der Waals surface area (Å²) in [5, 5.41) is 0. The normalized spacial score (nSPS) is 13.6. The molecule has 10 heteroatoms. The molecule has 10 nitrogen and oxygen atoms in total.